The molecule has 0 atom stereocenters. The number of nitrogens with one attached hydrogen (secondary N) is 1. The Labute approximate surface area is 134 Å². The Hall–Kier alpha value is -1.26. The van der Waals surface area contributed by atoms with E-state index in [-0.39, 0.29) is 0 Å². The second kappa shape index (κ2) is 9.01. The van der Waals surface area contributed by atoms with Crippen LogP contribution in [0.5, 0.6) is 11.5 Å². The molecule has 124 valence electrons. The summed E-state index contributed by atoms with van der Waals surface area (Å²) in [6.07, 6.45) is 2.69. The SMILES string of the molecule is CCOc1cc(CNCCN2CCC(C)CC2)ccc1OC. The third-order valence-corrected chi connectivity index (χ3v) is 4.34. The lowest BCUT2D eigenvalue weighted by atomic mass is 9.99. The van der Waals surface area contributed by atoms with Crippen LogP contribution in [0.4, 0.5) is 0 Å². The molecule has 0 unspecified atom stereocenters. The molecule has 1 saturated heterocycles. The van der Waals surface area contributed by atoms with Crippen LogP contribution in [0, 0.1) is 5.92 Å². The first-order valence-electron chi connectivity index (χ1n) is 8.45. The van der Waals surface area contributed by atoms with E-state index in [0.29, 0.717) is 6.61 Å². The van der Waals surface area contributed by atoms with E-state index in [1.807, 2.05) is 13.0 Å². The molecular formula is C18H30N2O2. The first-order chi connectivity index (χ1) is 10.7. The summed E-state index contributed by atoms with van der Waals surface area (Å²) in [4.78, 5) is 2.56. The molecule has 0 amide bonds. The zero-order valence-corrected chi connectivity index (χ0v) is 14.2. The van der Waals surface area contributed by atoms with Gasteiger partial charge in [-0.1, -0.05) is 13.0 Å². The lowest BCUT2D eigenvalue weighted by Gasteiger charge is -2.30. The predicted octanol–water partition coefficient (Wildman–Crippen LogP) is 2.92. The normalized spacial score (nSPS) is 16.7. The molecule has 1 aromatic carbocycles. The molecule has 1 aliphatic rings. The minimum atomic E-state index is 0.653. The lowest BCUT2D eigenvalue weighted by molar-refractivity contribution is 0.193. The van der Waals surface area contributed by atoms with Crippen molar-refractivity contribution in [2.45, 2.75) is 33.2 Å². The van der Waals surface area contributed by atoms with Crippen LogP contribution in [-0.4, -0.2) is 44.8 Å². The van der Waals surface area contributed by atoms with E-state index in [0.717, 1.165) is 37.1 Å². The Balaban J connectivity index is 1.73. The highest BCUT2D eigenvalue weighted by Gasteiger charge is 2.14. The van der Waals surface area contributed by atoms with Gasteiger partial charge in [0.25, 0.3) is 0 Å². The maximum Gasteiger partial charge on any atom is 0.161 e. The number of piperidine rings is 1. The van der Waals surface area contributed by atoms with Crippen LogP contribution in [-0.2, 0) is 6.54 Å². The van der Waals surface area contributed by atoms with E-state index in [1.165, 1.54) is 31.5 Å². The number of likely N-dealkylation sites (tertiary alicyclic amines) is 1. The van der Waals surface area contributed by atoms with Gasteiger partial charge >= 0.3 is 0 Å². The zero-order valence-electron chi connectivity index (χ0n) is 14.2. The van der Waals surface area contributed by atoms with Crippen LogP contribution in [0.15, 0.2) is 18.2 Å². The molecule has 1 aliphatic heterocycles. The van der Waals surface area contributed by atoms with Crippen molar-refractivity contribution < 1.29 is 9.47 Å². The Morgan fingerprint density at radius 2 is 2.00 bits per heavy atom. The van der Waals surface area contributed by atoms with Gasteiger partial charge in [-0.3, -0.25) is 0 Å². The van der Waals surface area contributed by atoms with Gasteiger partial charge in [-0.05, 0) is 56.5 Å². The van der Waals surface area contributed by atoms with E-state index >= 15 is 0 Å². The maximum atomic E-state index is 5.62. The summed E-state index contributed by atoms with van der Waals surface area (Å²) in [6.45, 7) is 10.5. The highest BCUT2D eigenvalue weighted by molar-refractivity contribution is 5.42. The van der Waals surface area contributed by atoms with Crippen LogP contribution < -0.4 is 14.8 Å². The van der Waals surface area contributed by atoms with Crippen molar-refractivity contribution in [1.29, 1.82) is 0 Å². The molecule has 0 radical (unpaired) electrons. The van der Waals surface area contributed by atoms with Crippen molar-refractivity contribution in [2.75, 3.05) is 39.9 Å². The fraction of sp³-hybridized carbons (Fsp3) is 0.667. The number of ether oxygens (including phenoxy) is 2. The summed E-state index contributed by atoms with van der Waals surface area (Å²) >= 11 is 0. The molecule has 1 fully saturated rings. The van der Waals surface area contributed by atoms with Crippen molar-refractivity contribution >= 4 is 0 Å². The van der Waals surface area contributed by atoms with Crippen molar-refractivity contribution in [3.8, 4) is 11.5 Å². The van der Waals surface area contributed by atoms with Crippen LogP contribution >= 0.6 is 0 Å². The van der Waals surface area contributed by atoms with Gasteiger partial charge in [0.2, 0.25) is 0 Å². The zero-order chi connectivity index (χ0) is 15.8. The topological polar surface area (TPSA) is 33.7 Å². The molecule has 0 aliphatic carbocycles. The summed E-state index contributed by atoms with van der Waals surface area (Å²) in [5, 5.41) is 3.53. The summed E-state index contributed by atoms with van der Waals surface area (Å²) in [7, 11) is 1.68. The Morgan fingerprint density at radius 3 is 2.68 bits per heavy atom. The van der Waals surface area contributed by atoms with Crippen molar-refractivity contribution in [1.82, 2.24) is 10.2 Å². The molecule has 0 bridgehead atoms. The number of hydrogen-bond donors (Lipinski definition) is 1. The molecule has 4 heteroatoms. The van der Waals surface area contributed by atoms with Gasteiger partial charge in [0.15, 0.2) is 11.5 Å². The van der Waals surface area contributed by atoms with Crippen LogP contribution in [0.1, 0.15) is 32.3 Å². The molecule has 4 nitrogen and oxygen atoms in total. The molecule has 1 aromatic rings. The molecular weight excluding hydrogens is 276 g/mol. The predicted molar refractivity (Wildman–Crippen MR) is 90.7 cm³/mol. The number of methoxy groups -OCH3 is 1. The van der Waals surface area contributed by atoms with Gasteiger partial charge in [0.1, 0.15) is 0 Å². The van der Waals surface area contributed by atoms with E-state index in [4.69, 9.17) is 9.47 Å². The molecule has 2 rings (SSSR count). The number of rotatable bonds is 8. The summed E-state index contributed by atoms with van der Waals surface area (Å²) in [5.41, 5.74) is 1.23. The average molecular weight is 306 g/mol. The van der Waals surface area contributed by atoms with Gasteiger partial charge in [-0.2, -0.15) is 0 Å². The minimum Gasteiger partial charge on any atom is -0.493 e. The van der Waals surface area contributed by atoms with Gasteiger partial charge in [0.05, 0.1) is 13.7 Å². The average Bonchev–Trinajstić information content (AvgIpc) is 2.54. The highest BCUT2D eigenvalue weighted by atomic mass is 16.5. The van der Waals surface area contributed by atoms with E-state index in [2.05, 4.69) is 29.3 Å². The smallest absolute Gasteiger partial charge is 0.161 e. The van der Waals surface area contributed by atoms with Gasteiger partial charge < -0.3 is 19.7 Å². The molecule has 22 heavy (non-hydrogen) atoms. The molecule has 0 saturated carbocycles. The second-order valence-electron chi connectivity index (χ2n) is 6.12. The fourth-order valence-electron chi connectivity index (χ4n) is 2.85. The Bertz CT molecular complexity index is 443. The van der Waals surface area contributed by atoms with Crippen molar-refractivity contribution in [2.24, 2.45) is 5.92 Å². The van der Waals surface area contributed by atoms with E-state index in [1.54, 1.807) is 7.11 Å². The summed E-state index contributed by atoms with van der Waals surface area (Å²) < 4.78 is 10.9. The summed E-state index contributed by atoms with van der Waals surface area (Å²) in [6, 6.07) is 6.14. The molecule has 0 spiro atoms. The fourth-order valence-corrected chi connectivity index (χ4v) is 2.85. The third kappa shape index (κ3) is 5.18. The van der Waals surface area contributed by atoms with Gasteiger partial charge in [-0.25, -0.2) is 0 Å². The van der Waals surface area contributed by atoms with Crippen molar-refractivity contribution in [3.63, 3.8) is 0 Å². The third-order valence-electron chi connectivity index (χ3n) is 4.34. The van der Waals surface area contributed by atoms with Gasteiger partial charge in [0, 0.05) is 19.6 Å². The standard InChI is InChI=1S/C18H30N2O2/c1-4-22-18-13-16(5-6-17(18)21-3)14-19-9-12-20-10-7-15(2)8-11-20/h5-6,13,15,19H,4,7-12,14H2,1-3H3. The number of nitrogens with zero attached hydrogens (tertiary/aromatic N) is 1. The molecule has 0 aromatic heterocycles. The van der Waals surface area contributed by atoms with Crippen LogP contribution in [0.3, 0.4) is 0 Å². The largest absolute Gasteiger partial charge is 0.493 e. The summed E-state index contributed by atoms with van der Waals surface area (Å²) in [5.74, 6) is 2.53. The Kier molecular flexibility index (Phi) is 7.00. The highest BCUT2D eigenvalue weighted by Crippen LogP contribution is 2.27. The minimum absolute atomic E-state index is 0.653. The first kappa shape index (κ1) is 17.1. The molecule has 1 heterocycles. The van der Waals surface area contributed by atoms with E-state index in [9.17, 15) is 0 Å². The van der Waals surface area contributed by atoms with E-state index < -0.39 is 0 Å². The lowest BCUT2D eigenvalue weighted by Crippen LogP contribution is -2.37. The maximum absolute atomic E-state index is 5.62. The van der Waals surface area contributed by atoms with Crippen LogP contribution in [0.2, 0.25) is 0 Å². The van der Waals surface area contributed by atoms with Crippen molar-refractivity contribution in [3.05, 3.63) is 23.8 Å². The monoisotopic (exact) mass is 306 g/mol. The first-order valence-corrected chi connectivity index (χ1v) is 8.45. The Morgan fingerprint density at radius 1 is 1.23 bits per heavy atom. The number of hydrogen-bond acceptors (Lipinski definition) is 4. The van der Waals surface area contributed by atoms with Gasteiger partial charge in [-0.15, -0.1) is 0 Å². The second-order valence-corrected chi connectivity index (χ2v) is 6.12. The van der Waals surface area contributed by atoms with Crippen LogP contribution in [0.25, 0.3) is 0 Å². The molecule has 1 N–H and O–H groups in total. The quantitative estimate of drug-likeness (QED) is 0.749. The number of benzene rings is 1.